The summed E-state index contributed by atoms with van der Waals surface area (Å²) in [6.07, 6.45) is 1.89. The molecule has 0 bridgehead atoms. The number of hydrogen-bond acceptors (Lipinski definition) is 3. The Morgan fingerprint density at radius 2 is 2.14 bits per heavy atom. The molecule has 1 saturated carbocycles. The van der Waals surface area contributed by atoms with Gasteiger partial charge in [-0.3, -0.25) is 4.79 Å². The lowest BCUT2D eigenvalue weighted by Crippen LogP contribution is -2.49. The van der Waals surface area contributed by atoms with Crippen LogP contribution in [0.3, 0.4) is 0 Å². The van der Waals surface area contributed by atoms with E-state index in [9.17, 15) is 18.8 Å². The van der Waals surface area contributed by atoms with E-state index in [4.69, 9.17) is 0 Å². The van der Waals surface area contributed by atoms with E-state index in [1.807, 2.05) is 0 Å². The first-order valence-corrected chi connectivity index (χ1v) is 7.26. The third-order valence-electron chi connectivity index (χ3n) is 4.04. The monoisotopic (exact) mass is 307 g/mol. The molecule has 1 amide bonds. The summed E-state index contributed by atoms with van der Waals surface area (Å²) in [7, 11) is 0. The van der Waals surface area contributed by atoms with Crippen LogP contribution in [0.25, 0.3) is 0 Å². The van der Waals surface area contributed by atoms with Gasteiger partial charge in [0.2, 0.25) is 5.91 Å². The van der Waals surface area contributed by atoms with E-state index in [1.54, 1.807) is 13.8 Å². The average Bonchev–Trinajstić information content (AvgIpc) is 3.32. The van der Waals surface area contributed by atoms with Crippen LogP contribution in [0.4, 0.5) is 8.78 Å². The van der Waals surface area contributed by atoms with E-state index >= 15 is 0 Å². The lowest BCUT2D eigenvalue weighted by atomic mass is 9.98. The molecule has 2 N–H and O–H groups in total. The molecule has 1 aromatic rings. The van der Waals surface area contributed by atoms with Crippen LogP contribution in [0, 0.1) is 28.9 Å². The van der Waals surface area contributed by atoms with Gasteiger partial charge in [-0.15, -0.1) is 0 Å². The maximum Gasteiger partial charge on any atom is 0.235 e. The highest BCUT2D eigenvalue weighted by Gasteiger charge is 2.42. The summed E-state index contributed by atoms with van der Waals surface area (Å²) in [5, 5.41) is 14.9. The largest absolute Gasteiger partial charge is 0.337 e. The number of nitrogens with one attached hydrogen (secondary N) is 2. The number of nitrogens with zero attached hydrogens (tertiary/aromatic N) is 1. The van der Waals surface area contributed by atoms with Crippen LogP contribution in [0.5, 0.6) is 0 Å². The van der Waals surface area contributed by atoms with Gasteiger partial charge in [-0.05, 0) is 50.3 Å². The van der Waals surface area contributed by atoms with Gasteiger partial charge in [0.05, 0.1) is 12.6 Å². The zero-order chi connectivity index (χ0) is 16.3. The number of amides is 1. The average molecular weight is 307 g/mol. The number of carbonyl (C=O) groups excluding carboxylic acids is 1. The van der Waals surface area contributed by atoms with Crippen LogP contribution in [0.2, 0.25) is 0 Å². The summed E-state index contributed by atoms with van der Waals surface area (Å²) < 4.78 is 26.1. The van der Waals surface area contributed by atoms with Gasteiger partial charge in [-0.25, -0.2) is 8.78 Å². The molecule has 1 aliphatic rings. The van der Waals surface area contributed by atoms with E-state index in [-0.39, 0.29) is 24.4 Å². The van der Waals surface area contributed by atoms with Crippen molar-refractivity contribution < 1.29 is 13.6 Å². The maximum absolute atomic E-state index is 13.2. The van der Waals surface area contributed by atoms with Crippen LogP contribution in [-0.2, 0) is 4.79 Å². The van der Waals surface area contributed by atoms with Crippen molar-refractivity contribution >= 4 is 5.91 Å². The number of benzene rings is 1. The molecule has 0 aliphatic heterocycles. The molecule has 1 fully saturated rings. The van der Waals surface area contributed by atoms with Crippen LogP contribution in [0.1, 0.15) is 38.3 Å². The fourth-order valence-electron chi connectivity index (χ4n) is 2.36. The zero-order valence-electron chi connectivity index (χ0n) is 12.6. The van der Waals surface area contributed by atoms with Crippen LogP contribution >= 0.6 is 0 Å². The van der Waals surface area contributed by atoms with Gasteiger partial charge < -0.3 is 10.6 Å². The fourth-order valence-corrected chi connectivity index (χ4v) is 2.36. The van der Waals surface area contributed by atoms with Crippen molar-refractivity contribution in [1.82, 2.24) is 10.6 Å². The number of nitriles is 1. The molecule has 0 unspecified atom stereocenters. The van der Waals surface area contributed by atoms with Crippen molar-refractivity contribution in [2.24, 2.45) is 5.92 Å². The molecule has 4 nitrogen and oxygen atoms in total. The molecule has 2 atom stereocenters. The Hall–Kier alpha value is -2.00. The minimum Gasteiger partial charge on any atom is -0.337 e. The topological polar surface area (TPSA) is 64.9 Å². The molecule has 0 radical (unpaired) electrons. The first kappa shape index (κ1) is 16.4. The van der Waals surface area contributed by atoms with Crippen LogP contribution < -0.4 is 10.6 Å². The molecule has 1 aromatic carbocycles. The van der Waals surface area contributed by atoms with Gasteiger partial charge in [0.1, 0.15) is 5.54 Å². The number of rotatable bonds is 6. The Bertz CT molecular complexity index is 610. The van der Waals surface area contributed by atoms with Crippen molar-refractivity contribution in [2.75, 3.05) is 6.54 Å². The Morgan fingerprint density at radius 3 is 2.68 bits per heavy atom. The lowest BCUT2D eigenvalue weighted by Gasteiger charge is -2.23. The first-order chi connectivity index (χ1) is 10.4. The molecule has 0 saturated heterocycles. The summed E-state index contributed by atoms with van der Waals surface area (Å²) in [6.45, 7) is 3.48. The molecular weight excluding hydrogens is 288 g/mol. The predicted octanol–water partition coefficient (Wildman–Crippen LogP) is 2.42. The Balaban J connectivity index is 1.87. The van der Waals surface area contributed by atoms with Crippen molar-refractivity contribution in [3.8, 4) is 6.07 Å². The van der Waals surface area contributed by atoms with Crippen LogP contribution in [0.15, 0.2) is 18.2 Å². The number of carbonyl (C=O) groups is 1. The highest BCUT2D eigenvalue weighted by atomic mass is 19.2. The van der Waals surface area contributed by atoms with E-state index in [0.717, 1.165) is 25.0 Å². The van der Waals surface area contributed by atoms with Crippen molar-refractivity contribution in [2.45, 2.75) is 38.3 Å². The second-order valence-electron chi connectivity index (χ2n) is 5.91. The molecule has 118 valence electrons. The quantitative estimate of drug-likeness (QED) is 0.848. The summed E-state index contributed by atoms with van der Waals surface area (Å²) in [5.74, 6) is -1.89. The lowest BCUT2D eigenvalue weighted by molar-refractivity contribution is -0.121. The van der Waals surface area contributed by atoms with E-state index in [2.05, 4.69) is 16.7 Å². The van der Waals surface area contributed by atoms with Gasteiger partial charge in [0.15, 0.2) is 11.6 Å². The Morgan fingerprint density at radius 1 is 1.45 bits per heavy atom. The normalized spacial score (nSPS) is 18.1. The zero-order valence-corrected chi connectivity index (χ0v) is 12.6. The predicted molar refractivity (Wildman–Crippen MR) is 77.7 cm³/mol. The summed E-state index contributed by atoms with van der Waals surface area (Å²) in [4.78, 5) is 11.9. The molecule has 0 aromatic heterocycles. The van der Waals surface area contributed by atoms with Crippen molar-refractivity contribution in [1.29, 1.82) is 5.26 Å². The second-order valence-corrected chi connectivity index (χ2v) is 5.91. The third-order valence-corrected chi connectivity index (χ3v) is 4.04. The maximum atomic E-state index is 13.2. The molecule has 0 heterocycles. The Labute approximate surface area is 128 Å². The van der Waals surface area contributed by atoms with Gasteiger partial charge in [0, 0.05) is 6.04 Å². The molecule has 0 spiro atoms. The van der Waals surface area contributed by atoms with E-state index < -0.39 is 17.2 Å². The second kappa shape index (κ2) is 6.41. The van der Waals surface area contributed by atoms with Gasteiger partial charge >= 0.3 is 0 Å². The highest BCUT2D eigenvalue weighted by molar-refractivity contribution is 5.79. The van der Waals surface area contributed by atoms with Crippen molar-refractivity contribution in [3.63, 3.8) is 0 Å². The number of hydrogen-bond donors (Lipinski definition) is 2. The highest BCUT2D eigenvalue weighted by Crippen LogP contribution is 2.39. The summed E-state index contributed by atoms with van der Waals surface area (Å²) in [5.41, 5.74) is -0.277. The minimum atomic E-state index is -0.915. The van der Waals surface area contributed by atoms with E-state index in [1.165, 1.54) is 6.07 Å². The SMILES string of the molecule is C[C@H](NCC(=O)N[C@@](C)(C#N)C1CC1)c1ccc(F)c(F)c1. The van der Waals surface area contributed by atoms with E-state index in [0.29, 0.717) is 5.56 Å². The van der Waals surface area contributed by atoms with Gasteiger partial charge in [0.25, 0.3) is 0 Å². The number of halogens is 2. The van der Waals surface area contributed by atoms with Crippen molar-refractivity contribution in [3.05, 3.63) is 35.4 Å². The van der Waals surface area contributed by atoms with Crippen LogP contribution in [-0.4, -0.2) is 18.0 Å². The molecular formula is C16H19F2N3O. The molecule has 6 heteroatoms. The minimum absolute atomic E-state index is 0.00412. The first-order valence-electron chi connectivity index (χ1n) is 7.26. The summed E-state index contributed by atoms with van der Waals surface area (Å²) >= 11 is 0. The standard InChI is InChI=1S/C16H19F2N3O/c1-10(11-3-6-13(17)14(18)7-11)20-8-15(22)21-16(2,9-19)12-4-5-12/h3,6-7,10,12,20H,4-5,8H2,1-2H3,(H,21,22)/t10-,16-/m0/s1. The molecule has 1 aliphatic carbocycles. The van der Waals surface area contributed by atoms with Gasteiger partial charge in [-0.1, -0.05) is 6.07 Å². The fraction of sp³-hybridized carbons (Fsp3) is 0.500. The summed E-state index contributed by atoms with van der Waals surface area (Å²) in [6, 6.07) is 5.48. The molecule has 2 rings (SSSR count). The third kappa shape index (κ3) is 3.80. The van der Waals surface area contributed by atoms with Gasteiger partial charge in [-0.2, -0.15) is 5.26 Å². The smallest absolute Gasteiger partial charge is 0.235 e. The molecule has 22 heavy (non-hydrogen) atoms. The Kier molecular flexibility index (Phi) is 4.77.